The van der Waals surface area contributed by atoms with Crippen molar-refractivity contribution < 1.29 is 0 Å². The summed E-state index contributed by atoms with van der Waals surface area (Å²) in [5.41, 5.74) is 0.784. The fraction of sp³-hybridized carbons (Fsp3) is 0.455. The molecule has 0 bridgehead atoms. The van der Waals surface area contributed by atoms with Gasteiger partial charge in [-0.05, 0) is 0 Å². The average molecular weight is 243 g/mol. The maximum absolute atomic E-state index is 8.68. The molecular formula is C11H13N7. The van der Waals surface area contributed by atoms with Crippen LogP contribution in [0.2, 0.25) is 0 Å². The number of piperazine rings is 1. The first kappa shape index (κ1) is 10.9. The molecule has 92 valence electrons. The molecule has 0 amide bonds. The van der Waals surface area contributed by atoms with E-state index >= 15 is 0 Å². The number of anilines is 1. The molecule has 1 saturated heterocycles. The number of nitriles is 1. The van der Waals surface area contributed by atoms with E-state index in [1.54, 1.807) is 12.5 Å². The molecule has 0 N–H and O–H groups in total. The maximum Gasteiger partial charge on any atom is 0.203 e. The van der Waals surface area contributed by atoms with Gasteiger partial charge in [0.2, 0.25) is 5.65 Å². The Kier molecular flexibility index (Phi) is 2.78. The SMILES string of the molecule is N#CCN1CCN(c2nccn3cnnc23)CC1. The van der Waals surface area contributed by atoms with Gasteiger partial charge >= 0.3 is 0 Å². The first-order chi connectivity index (χ1) is 8.88. The molecule has 7 heteroatoms. The lowest BCUT2D eigenvalue weighted by Gasteiger charge is -2.33. The van der Waals surface area contributed by atoms with Crippen molar-refractivity contribution in [1.82, 2.24) is 24.5 Å². The highest BCUT2D eigenvalue weighted by Crippen LogP contribution is 2.17. The van der Waals surface area contributed by atoms with Gasteiger partial charge < -0.3 is 4.90 Å². The van der Waals surface area contributed by atoms with Crippen LogP contribution < -0.4 is 4.90 Å². The first-order valence-electron chi connectivity index (χ1n) is 5.87. The molecule has 0 radical (unpaired) electrons. The Bertz CT molecular complexity index is 576. The van der Waals surface area contributed by atoms with Crippen LogP contribution in [0.1, 0.15) is 0 Å². The lowest BCUT2D eigenvalue weighted by atomic mass is 10.3. The molecule has 0 aromatic carbocycles. The van der Waals surface area contributed by atoms with Crippen molar-refractivity contribution in [2.45, 2.75) is 0 Å². The topological polar surface area (TPSA) is 73.4 Å². The van der Waals surface area contributed by atoms with E-state index in [1.165, 1.54) is 0 Å². The smallest absolute Gasteiger partial charge is 0.203 e. The summed E-state index contributed by atoms with van der Waals surface area (Å²) < 4.78 is 1.87. The highest BCUT2D eigenvalue weighted by molar-refractivity contribution is 5.63. The monoisotopic (exact) mass is 243 g/mol. The molecule has 1 aliphatic heterocycles. The number of aromatic nitrogens is 4. The van der Waals surface area contributed by atoms with E-state index in [0.29, 0.717) is 6.54 Å². The van der Waals surface area contributed by atoms with Crippen molar-refractivity contribution in [3.63, 3.8) is 0 Å². The van der Waals surface area contributed by atoms with Crippen molar-refractivity contribution in [2.75, 3.05) is 37.6 Å². The number of rotatable bonds is 2. The second-order valence-electron chi connectivity index (χ2n) is 4.23. The molecule has 18 heavy (non-hydrogen) atoms. The van der Waals surface area contributed by atoms with E-state index in [2.05, 4.69) is 31.1 Å². The number of fused-ring (bicyclic) bond motifs is 1. The molecule has 3 rings (SSSR count). The summed E-state index contributed by atoms with van der Waals surface area (Å²) in [6.07, 6.45) is 5.27. The molecule has 0 unspecified atom stereocenters. The van der Waals surface area contributed by atoms with Crippen LogP contribution in [0, 0.1) is 11.3 Å². The normalized spacial score (nSPS) is 16.9. The Labute approximate surface area is 104 Å². The second-order valence-corrected chi connectivity index (χ2v) is 4.23. The summed E-state index contributed by atoms with van der Waals surface area (Å²) >= 11 is 0. The summed E-state index contributed by atoms with van der Waals surface area (Å²) in [6, 6.07) is 2.18. The van der Waals surface area contributed by atoms with Gasteiger partial charge in [-0.1, -0.05) is 0 Å². The van der Waals surface area contributed by atoms with Gasteiger partial charge in [0.1, 0.15) is 6.33 Å². The van der Waals surface area contributed by atoms with Gasteiger partial charge in [-0.25, -0.2) is 4.98 Å². The van der Waals surface area contributed by atoms with E-state index in [4.69, 9.17) is 5.26 Å². The average Bonchev–Trinajstić information content (AvgIpc) is 2.88. The molecule has 0 spiro atoms. The molecular weight excluding hydrogens is 230 g/mol. The molecule has 0 aliphatic carbocycles. The van der Waals surface area contributed by atoms with Crippen LogP contribution in [-0.2, 0) is 0 Å². The predicted molar refractivity (Wildman–Crippen MR) is 65.0 cm³/mol. The van der Waals surface area contributed by atoms with Gasteiger partial charge in [0.05, 0.1) is 12.6 Å². The standard InChI is InChI=1S/C11H13N7/c12-1-3-16-5-7-17(8-6-16)10-11-15-14-9-18(11)4-2-13-10/h2,4,9H,3,5-8H2. The molecule has 1 aliphatic rings. The zero-order valence-corrected chi connectivity index (χ0v) is 9.90. The van der Waals surface area contributed by atoms with Gasteiger partial charge in [-0.3, -0.25) is 9.30 Å². The number of nitrogens with zero attached hydrogens (tertiary/aromatic N) is 7. The van der Waals surface area contributed by atoms with Crippen LogP contribution in [0.15, 0.2) is 18.7 Å². The fourth-order valence-corrected chi connectivity index (χ4v) is 2.19. The van der Waals surface area contributed by atoms with Crippen molar-refractivity contribution in [2.24, 2.45) is 0 Å². The van der Waals surface area contributed by atoms with Crippen LogP contribution in [0.5, 0.6) is 0 Å². The minimum Gasteiger partial charge on any atom is -0.351 e. The zero-order chi connectivity index (χ0) is 12.4. The van der Waals surface area contributed by atoms with Crippen LogP contribution in [0.3, 0.4) is 0 Å². The fourth-order valence-electron chi connectivity index (χ4n) is 2.19. The van der Waals surface area contributed by atoms with E-state index in [1.807, 2.05) is 10.6 Å². The van der Waals surface area contributed by atoms with Crippen LogP contribution >= 0.6 is 0 Å². The summed E-state index contributed by atoms with van der Waals surface area (Å²) in [5.74, 6) is 0.867. The Morgan fingerprint density at radius 1 is 1.28 bits per heavy atom. The number of hydrogen-bond acceptors (Lipinski definition) is 6. The van der Waals surface area contributed by atoms with Crippen LogP contribution in [0.25, 0.3) is 5.65 Å². The largest absolute Gasteiger partial charge is 0.351 e. The molecule has 7 nitrogen and oxygen atoms in total. The first-order valence-corrected chi connectivity index (χ1v) is 5.87. The second kappa shape index (κ2) is 4.58. The lowest BCUT2D eigenvalue weighted by molar-refractivity contribution is 0.286. The lowest BCUT2D eigenvalue weighted by Crippen LogP contribution is -2.46. The van der Waals surface area contributed by atoms with Gasteiger partial charge in [-0.2, -0.15) is 5.26 Å². The third kappa shape index (κ3) is 1.87. The minimum absolute atomic E-state index is 0.496. The van der Waals surface area contributed by atoms with Gasteiger partial charge in [-0.15, -0.1) is 10.2 Å². The van der Waals surface area contributed by atoms with Gasteiger partial charge in [0.25, 0.3) is 0 Å². The van der Waals surface area contributed by atoms with Crippen LogP contribution in [0.4, 0.5) is 5.82 Å². The molecule has 1 fully saturated rings. The zero-order valence-electron chi connectivity index (χ0n) is 9.90. The highest BCUT2D eigenvalue weighted by atomic mass is 15.3. The molecule has 2 aromatic rings. The molecule has 0 atom stereocenters. The highest BCUT2D eigenvalue weighted by Gasteiger charge is 2.20. The van der Waals surface area contributed by atoms with Crippen molar-refractivity contribution in [1.29, 1.82) is 5.26 Å². The third-order valence-corrected chi connectivity index (χ3v) is 3.16. The van der Waals surface area contributed by atoms with Crippen LogP contribution in [-0.4, -0.2) is 57.2 Å². The molecule has 3 heterocycles. The van der Waals surface area contributed by atoms with E-state index in [0.717, 1.165) is 37.6 Å². The van der Waals surface area contributed by atoms with E-state index < -0.39 is 0 Å². The van der Waals surface area contributed by atoms with Crippen molar-refractivity contribution in [3.05, 3.63) is 18.7 Å². The Balaban J connectivity index is 1.80. The summed E-state index contributed by atoms with van der Waals surface area (Å²) in [6.45, 7) is 3.98. The Hall–Kier alpha value is -2.20. The van der Waals surface area contributed by atoms with Crippen molar-refractivity contribution in [3.8, 4) is 6.07 Å². The summed E-state index contributed by atoms with van der Waals surface area (Å²) in [5, 5.41) is 16.7. The van der Waals surface area contributed by atoms with Crippen molar-refractivity contribution >= 4 is 11.5 Å². The minimum atomic E-state index is 0.496. The van der Waals surface area contributed by atoms with Gasteiger partial charge in [0, 0.05) is 38.6 Å². The molecule has 2 aromatic heterocycles. The maximum atomic E-state index is 8.68. The molecule has 0 saturated carbocycles. The summed E-state index contributed by atoms with van der Waals surface area (Å²) in [4.78, 5) is 8.72. The van der Waals surface area contributed by atoms with E-state index in [-0.39, 0.29) is 0 Å². The van der Waals surface area contributed by atoms with E-state index in [9.17, 15) is 0 Å². The van der Waals surface area contributed by atoms with Gasteiger partial charge in [0.15, 0.2) is 5.82 Å². The predicted octanol–water partition coefficient (Wildman–Crippen LogP) is -0.230. The third-order valence-electron chi connectivity index (χ3n) is 3.16. The number of hydrogen-bond donors (Lipinski definition) is 0. The quantitative estimate of drug-likeness (QED) is 0.678. The summed E-state index contributed by atoms with van der Waals surface area (Å²) in [7, 11) is 0. The Morgan fingerprint density at radius 2 is 2.11 bits per heavy atom. The Morgan fingerprint density at radius 3 is 2.89 bits per heavy atom.